The van der Waals surface area contributed by atoms with Gasteiger partial charge in [-0.05, 0) is 32.6 Å². The molecule has 4 heteroatoms. The average molecular weight is 217 g/mol. The van der Waals surface area contributed by atoms with E-state index < -0.39 is 0 Å². The maximum atomic E-state index is 5.84. The number of aromatic nitrogens is 1. The summed E-state index contributed by atoms with van der Waals surface area (Å²) in [6.07, 6.45) is 6.07. The topological polar surface area (TPSA) is 52.0 Å². The Bertz CT molecular complexity index is 279. The Kier molecular flexibility index (Phi) is 3.96. The van der Waals surface area contributed by atoms with E-state index in [4.69, 9.17) is 10.2 Å². The fourth-order valence-corrected chi connectivity index (χ4v) is 2.08. The number of nitrogens with two attached hydrogens (primary N) is 1. The van der Waals surface area contributed by atoms with Gasteiger partial charge in [-0.15, -0.1) is 12.4 Å². The van der Waals surface area contributed by atoms with E-state index in [0.717, 1.165) is 37.1 Å². The molecule has 1 aromatic heterocycles. The maximum Gasteiger partial charge on any atom is 0.181 e. The van der Waals surface area contributed by atoms with E-state index in [2.05, 4.69) is 4.98 Å². The van der Waals surface area contributed by atoms with Crippen molar-refractivity contribution in [3.8, 4) is 0 Å². The molecule has 1 fully saturated rings. The number of rotatable bonds is 1. The lowest BCUT2D eigenvalue weighted by Gasteiger charge is -2.24. The van der Waals surface area contributed by atoms with Crippen LogP contribution in [0.1, 0.15) is 43.1 Å². The van der Waals surface area contributed by atoms with Crippen molar-refractivity contribution in [2.24, 2.45) is 5.73 Å². The number of hydrogen-bond acceptors (Lipinski definition) is 3. The molecule has 2 N–H and O–H groups in total. The third kappa shape index (κ3) is 2.28. The molecule has 0 aliphatic heterocycles. The van der Waals surface area contributed by atoms with Gasteiger partial charge in [0, 0.05) is 12.0 Å². The quantitative estimate of drug-likeness (QED) is 0.784. The summed E-state index contributed by atoms with van der Waals surface area (Å²) in [5, 5.41) is 0. The Hall–Kier alpha value is -0.540. The van der Waals surface area contributed by atoms with Crippen LogP contribution in [0.3, 0.4) is 0 Å². The van der Waals surface area contributed by atoms with Crippen molar-refractivity contribution in [3.63, 3.8) is 0 Å². The SMILES string of the molecule is Cc1ncoc1[C@H]1CC[C@H](N)CC1.Cl. The Morgan fingerprint density at radius 2 is 2.00 bits per heavy atom. The molecule has 0 saturated heterocycles. The molecule has 0 atom stereocenters. The fraction of sp³-hybridized carbons (Fsp3) is 0.700. The average Bonchev–Trinajstić information content (AvgIpc) is 2.53. The standard InChI is InChI=1S/C10H16N2O.ClH/c1-7-10(13-6-12-7)8-2-4-9(11)5-3-8;/h6,8-9H,2-5,11H2,1H3;1H/t8-,9-;. The Morgan fingerprint density at radius 1 is 1.36 bits per heavy atom. The molecule has 0 spiro atoms. The van der Waals surface area contributed by atoms with E-state index in [9.17, 15) is 0 Å². The number of oxazole rings is 1. The van der Waals surface area contributed by atoms with Crippen molar-refractivity contribution in [2.45, 2.75) is 44.6 Å². The molecule has 0 bridgehead atoms. The minimum Gasteiger partial charge on any atom is -0.448 e. The second-order valence-corrected chi connectivity index (χ2v) is 3.91. The summed E-state index contributed by atoms with van der Waals surface area (Å²) < 4.78 is 5.39. The van der Waals surface area contributed by atoms with Crippen LogP contribution in [0.25, 0.3) is 0 Å². The van der Waals surface area contributed by atoms with Gasteiger partial charge in [-0.3, -0.25) is 0 Å². The summed E-state index contributed by atoms with van der Waals surface area (Å²) >= 11 is 0. The molecule has 2 rings (SSSR count). The van der Waals surface area contributed by atoms with Crippen LogP contribution < -0.4 is 5.73 Å². The lowest BCUT2D eigenvalue weighted by Crippen LogP contribution is -2.25. The Morgan fingerprint density at radius 3 is 2.50 bits per heavy atom. The van der Waals surface area contributed by atoms with Gasteiger partial charge in [0.2, 0.25) is 0 Å². The summed E-state index contributed by atoms with van der Waals surface area (Å²) in [7, 11) is 0. The van der Waals surface area contributed by atoms with Crippen molar-refractivity contribution in [1.82, 2.24) is 4.98 Å². The number of aryl methyl sites for hydroxylation is 1. The van der Waals surface area contributed by atoms with Crippen LogP contribution in [0.2, 0.25) is 0 Å². The van der Waals surface area contributed by atoms with Crippen LogP contribution >= 0.6 is 12.4 Å². The summed E-state index contributed by atoms with van der Waals surface area (Å²) in [6.45, 7) is 2.01. The molecule has 0 amide bonds. The monoisotopic (exact) mass is 216 g/mol. The number of halogens is 1. The van der Waals surface area contributed by atoms with Crippen molar-refractivity contribution in [2.75, 3.05) is 0 Å². The van der Waals surface area contributed by atoms with Crippen LogP contribution in [0.15, 0.2) is 10.8 Å². The van der Waals surface area contributed by atoms with Crippen LogP contribution in [0, 0.1) is 6.92 Å². The minimum absolute atomic E-state index is 0. The van der Waals surface area contributed by atoms with Crippen LogP contribution in [0.4, 0.5) is 0 Å². The van der Waals surface area contributed by atoms with Gasteiger partial charge in [-0.25, -0.2) is 4.98 Å². The molecule has 1 aliphatic rings. The lowest BCUT2D eigenvalue weighted by atomic mass is 9.84. The zero-order chi connectivity index (χ0) is 9.26. The van der Waals surface area contributed by atoms with Gasteiger partial charge >= 0.3 is 0 Å². The Labute approximate surface area is 90.5 Å². The predicted octanol–water partition coefficient (Wildman–Crippen LogP) is 2.39. The minimum atomic E-state index is 0. The van der Waals surface area contributed by atoms with Crippen molar-refractivity contribution in [3.05, 3.63) is 17.8 Å². The lowest BCUT2D eigenvalue weighted by molar-refractivity contribution is 0.346. The first-order valence-corrected chi connectivity index (χ1v) is 4.93. The van der Waals surface area contributed by atoms with Gasteiger partial charge in [0.1, 0.15) is 5.76 Å². The number of hydrogen-bond donors (Lipinski definition) is 1. The normalized spacial score (nSPS) is 27.0. The third-order valence-electron chi connectivity index (χ3n) is 2.93. The number of nitrogens with zero attached hydrogens (tertiary/aromatic N) is 1. The van der Waals surface area contributed by atoms with E-state index in [0.29, 0.717) is 12.0 Å². The van der Waals surface area contributed by atoms with E-state index in [1.807, 2.05) is 6.92 Å². The van der Waals surface area contributed by atoms with Crippen LogP contribution in [0.5, 0.6) is 0 Å². The third-order valence-corrected chi connectivity index (χ3v) is 2.93. The van der Waals surface area contributed by atoms with Crippen molar-refractivity contribution < 1.29 is 4.42 Å². The maximum absolute atomic E-state index is 5.84. The van der Waals surface area contributed by atoms with Crippen LogP contribution in [-0.2, 0) is 0 Å². The zero-order valence-electron chi connectivity index (χ0n) is 8.40. The predicted molar refractivity (Wildman–Crippen MR) is 57.7 cm³/mol. The van der Waals surface area contributed by atoms with Gasteiger partial charge in [0.25, 0.3) is 0 Å². The molecule has 1 saturated carbocycles. The van der Waals surface area contributed by atoms with Crippen LogP contribution in [-0.4, -0.2) is 11.0 Å². The van der Waals surface area contributed by atoms with Gasteiger partial charge < -0.3 is 10.2 Å². The second kappa shape index (κ2) is 4.80. The first-order chi connectivity index (χ1) is 6.27. The van der Waals surface area contributed by atoms with Gasteiger partial charge in [-0.2, -0.15) is 0 Å². The first kappa shape index (κ1) is 11.5. The molecule has 0 aromatic carbocycles. The van der Waals surface area contributed by atoms with E-state index in [1.165, 1.54) is 0 Å². The summed E-state index contributed by atoms with van der Waals surface area (Å²) in [4.78, 5) is 4.11. The molecule has 0 radical (unpaired) electrons. The van der Waals surface area contributed by atoms with Crippen molar-refractivity contribution in [1.29, 1.82) is 0 Å². The van der Waals surface area contributed by atoms with E-state index in [-0.39, 0.29) is 12.4 Å². The molecule has 80 valence electrons. The smallest absolute Gasteiger partial charge is 0.181 e. The molecule has 3 nitrogen and oxygen atoms in total. The highest BCUT2D eigenvalue weighted by molar-refractivity contribution is 5.85. The molecule has 0 unspecified atom stereocenters. The van der Waals surface area contributed by atoms with E-state index in [1.54, 1.807) is 6.39 Å². The first-order valence-electron chi connectivity index (χ1n) is 4.93. The molecular formula is C10H17ClN2O. The largest absolute Gasteiger partial charge is 0.448 e. The Balaban J connectivity index is 0.000000980. The van der Waals surface area contributed by atoms with E-state index >= 15 is 0 Å². The highest BCUT2D eigenvalue weighted by Gasteiger charge is 2.23. The van der Waals surface area contributed by atoms with Gasteiger partial charge in [0.15, 0.2) is 6.39 Å². The molecule has 1 aromatic rings. The molecular weight excluding hydrogens is 200 g/mol. The van der Waals surface area contributed by atoms with Gasteiger partial charge in [-0.1, -0.05) is 0 Å². The molecule has 1 heterocycles. The zero-order valence-corrected chi connectivity index (χ0v) is 9.22. The summed E-state index contributed by atoms with van der Waals surface area (Å²) in [6, 6.07) is 0.402. The summed E-state index contributed by atoms with van der Waals surface area (Å²) in [5.74, 6) is 1.63. The van der Waals surface area contributed by atoms with Crippen molar-refractivity contribution >= 4 is 12.4 Å². The molecule has 14 heavy (non-hydrogen) atoms. The van der Waals surface area contributed by atoms with Gasteiger partial charge in [0.05, 0.1) is 5.69 Å². The fourth-order valence-electron chi connectivity index (χ4n) is 2.08. The second-order valence-electron chi connectivity index (χ2n) is 3.91. The highest BCUT2D eigenvalue weighted by atomic mass is 35.5. The molecule has 1 aliphatic carbocycles. The summed E-state index contributed by atoms with van der Waals surface area (Å²) in [5.41, 5.74) is 6.88. The highest BCUT2D eigenvalue weighted by Crippen LogP contribution is 2.33.